The van der Waals surface area contributed by atoms with Gasteiger partial charge >= 0.3 is 12.4 Å². The maximum Gasteiger partial charge on any atom is 0.430 e. The van der Waals surface area contributed by atoms with Crippen LogP contribution in [-0.2, 0) is 16.9 Å². The molecule has 4 nitrogen and oxygen atoms in total. The third-order valence-corrected chi connectivity index (χ3v) is 6.12. The monoisotopic (exact) mass is 502 g/mol. The highest BCUT2D eigenvalue weighted by atomic mass is 19.4. The van der Waals surface area contributed by atoms with Gasteiger partial charge in [-0.1, -0.05) is 62.4 Å². The molecule has 10 heteroatoms. The van der Waals surface area contributed by atoms with E-state index in [1.807, 2.05) is 30.9 Å². The first kappa shape index (κ1) is 27.0. The van der Waals surface area contributed by atoms with E-state index in [1.165, 1.54) is 0 Å². The van der Waals surface area contributed by atoms with Gasteiger partial charge in [-0.2, -0.15) is 26.3 Å². The number of halogens is 6. The lowest BCUT2D eigenvalue weighted by atomic mass is 9.90. The molecule has 2 aromatic carbocycles. The number of aliphatic hydroxyl groups is 1. The molecular formula is C25H28F6N2O2. The molecule has 0 aliphatic carbocycles. The predicted octanol–water partition coefficient (Wildman–Crippen LogP) is 5.36. The minimum atomic E-state index is -5.92. The van der Waals surface area contributed by atoms with Crippen LogP contribution in [0.2, 0.25) is 0 Å². The molecule has 0 saturated carbocycles. The van der Waals surface area contributed by atoms with Crippen LogP contribution in [-0.4, -0.2) is 59.3 Å². The van der Waals surface area contributed by atoms with Crippen molar-refractivity contribution in [2.45, 2.75) is 44.8 Å². The molecule has 0 atom stereocenters. The van der Waals surface area contributed by atoms with Gasteiger partial charge < -0.3 is 10.0 Å². The molecule has 1 aliphatic rings. The molecule has 192 valence electrons. The number of carbonyl (C=O) groups excluding carboxylic acids is 1. The van der Waals surface area contributed by atoms with Crippen molar-refractivity contribution in [2.75, 3.05) is 26.2 Å². The van der Waals surface area contributed by atoms with Crippen LogP contribution in [0, 0.1) is 5.92 Å². The number of benzene rings is 2. The second kappa shape index (κ2) is 10.2. The quantitative estimate of drug-likeness (QED) is 0.542. The molecule has 3 rings (SSSR count). The van der Waals surface area contributed by atoms with E-state index in [0.29, 0.717) is 55.2 Å². The van der Waals surface area contributed by atoms with Crippen LogP contribution in [0.1, 0.15) is 31.4 Å². The van der Waals surface area contributed by atoms with Gasteiger partial charge in [0.25, 0.3) is 5.60 Å². The van der Waals surface area contributed by atoms with Crippen LogP contribution >= 0.6 is 0 Å². The molecule has 0 bridgehead atoms. The number of rotatable bonds is 6. The summed E-state index contributed by atoms with van der Waals surface area (Å²) in [6.45, 7) is 7.50. The van der Waals surface area contributed by atoms with E-state index in [9.17, 15) is 36.2 Å². The maximum absolute atomic E-state index is 13.1. The summed E-state index contributed by atoms with van der Waals surface area (Å²) < 4.78 is 78.4. The number of amides is 1. The van der Waals surface area contributed by atoms with Gasteiger partial charge in [-0.05, 0) is 22.6 Å². The second-order valence-corrected chi connectivity index (χ2v) is 9.24. The molecule has 1 aliphatic heterocycles. The zero-order valence-electron chi connectivity index (χ0n) is 19.5. The SMILES string of the molecule is CC(C)CC(=O)N1CCN(Cc2ccc(-c3ccc(C(O)(C(F)(F)F)C(F)(F)F)cc3)cc2)CC1. The smallest absolute Gasteiger partial charge is 0.369 e. The molecule has 0 radical (unpaired) electrons. The van der Waals surface area contributed by atoms with E-state index in [-0.39, 0.29) is 5.91 Å². The van der Waals surface area contributed by atoms with Gasteiger partial charge in [0.2, 0.25) is 5.91 Å². The first-order valence-electron chi connectivity index (χ1n) is 11.3. The van der Waals surface area contributed by atoms with Crippen molar-refractivity contribution in [2.24, 2.45) is 5.92 Å². The second-order valence-electron chi connectivity index (χ2n) is 9.24. The van der Waals surface area contributed by atoms with Gasteiger partial charge in [0.1, 0.15) is 0 Å². The number of carbonyl (C=O) groups is 1. The Morgan fingerprint density at radius 1 is 0.829 bits per heavy atom. The van der Waals surface area contributed by atoms with Crippen LogP contribution in [0.15, 0.2) is 48.5 Å². The minimum absolute atomic E-state index is 0.166. The van der Waals surface area contributed by atoms with Gasteiger partial charge in [-0.3, -0.25) is 9.69 Å². The number of nitrogens with zero attached hydrogens (tertiary/aromatic N) is 2. The highest BCUT2D eigenvalue weighted by Crippen LogP contribution is 2.50. The lowest BCUT2D eigenvalue weighted by Gasteiger charge is -2.35. The molecule has 1 N–H and O–H groups in total. The number of hydrogen-bond acceptors (Lipinski definition) is 3. The van der Waals surface area contributed by atoms with E-state index in [2.05, 4.69) is 4.90 Å². The normalized spacial score (nSPS) is 16.1. The summed E-state index contributed by atoms with van der Waals surface area (Å²) >= 11 is 0. The third kappa shape index (κ3) is 5.98. The summed E-state index contributed by atoms with van der Waals surface area (Å²) in [5.74, 6) is 0.481. The summed E-state index contributed by atoms with van der Waals surface area (Å²) in [6.07, 6.45) is -11.3. The van der Waals surface area contributed by atoms with Crippen molar-refractivity contribution in [3.8, 4) is 11.1 Å². The maximum atomic E-state index is 13.1. The average Bonchev–Trinajstić information content (AvgIpc) is 2.78. The van der Waals surface area contributed by atoms with Crippen LogP contribution in [0.3, 0.4) is 0 Å². The molecular weight excluding hydrogens is 474 g/mol. The van der Waals surface area contributed by atoms with E-state index in [4.69, 9.17) is 0 Å². The number of piperazine rings is 1. The minimum Gasteiger partial charge on any atom is -0.369 e. The van der Waals surface area contributed by atoms with Crippen molar-refractivity contribution in [1.82, 2.24) is 9.80 Å². The molecule has 1 heterocycles. The first-order valence-corrected chi connectivity index (χ1v) is 11.3. The molecule has 0 spiro atoms. The van der Waals surface area contributed by atoms with Crippen LogP contribution < -0.4 is 0 Å². The van der Waals surface area contributed by atoms with Gasteiger partial charge in [0.05, 0.1) is 0 Å². The molecule has 1 saturated heterocycles. The molecule has 35 heavy (non-hydrogen) atoms. The van der Waals surface area contributed by atoms with Gasteiger partial charge in [0.15, 0.2) is 0 Å². The van der Waals surface area contributed by atoms with E-state index >= 15 is 0 Å². The molecule has 1 amide bonds. The zero-order chi connectivity index (χ0) is 26.0. The van der Waals surface area contributed by atoms with Crippen molar-refractivity contribution in [1.29, 1.82) is 0 Å². The Balaban J connectivity index is 1.64. The van der Waals surface area contributed by atoms with Crippen LogP contribution in [0.5, 0.6) is 0 Å². The fourth-order valence-electron chi connectivity index (χ4n) is 4.09. The highest BCUT2D eigenvalue weighted by Gasteiger charge is 2.71. The third-order valence-electron chi connectivity index (χ3n) is 6.12. The highest BCUT2D eigenvalue weighted by molar-refractivity contribution is 5.76. The average molecular weight is 502 g/mol. The zero-order valence-corrected chi connectivity index (χ0v) is 19.5. The Hall–Kier alpha value is -2.59. The fraction of sp³-hybridized carbons (Fsp3) is 0.480. The van der Waals surface area contributed by atoms with Crippen molar-refractivity contribution in [3.63, 3.8) is 0 Å². The van der Waals surface area contributed by atoms with E-state index in [0.717, 1.165) is 30.8 Å². The number of alkyl halides is 6. The Bertz CT molecular complexity index is 979. The Labute approximate surface area is 200 Å². The first-order chi connectivity index (χ1) is 16.2. The van der Waals surface area contributed by atoms with Crippen LogP contribution in [0.4, 0.5) is 26.3 Å². The molecule has 0 unspecified atom stereocenters. The topological polar surface area (TPSA) is 43.8 Å². The van der Waals surface area contributed by atoms with Gasteiger partial charge in [-0.15, -0.1) is 0 Å². The lowest BCUT2D eigenvalue weighted by molar-refractivity contribution is -0.376. The standard InChI is InChI=1S/C25H28F6N2O2/c1-17(2)15-22(34)33-13-11-32(12-14-33)16-18-3-5-19(6-4-18)20-7-9-21(10-8-20)23(35,24(26,27)28)25(29,30)31/h3-10,17,35H,11-16H2,1-2H3. The largest absolute Gasteiger partial charge is 0.430 e. The molecule has 2 aromatic rings. The van der Waals surface area contributed by atoms with Gasteiger partial charge in [0, 0.05) is 44.7 Å². The van der Waals surface area contributed by atoms with Crippen molar-refractivity contribution in [3.05, 3.63) is 59.7 Å². The van der Waals surface area contributed by atoms with E-state index in [1.54, 1.807) is 12.1 Å². The predicted molar refractivity (Wildman–Crippen MR) is 119 cm³/mol. The van der Waals surface area contributed by atoms with Gasteiger partial charge in [-0.25, -0.2) is 0 Å². The van der Waals surface area contributed by atoms with Crippen molar-refractivity contribution >= 4 is 5.91 Å². The Morgan fingerprint density at radius 2 is 1.29 bits per heavy atom. The number of hydrogen-bond donors (Lipinski definition) is 1. The molecule has 0 aromatic heterocycles. The van der Waals surface area contributed by atoms with Crippen molar-refractivity contribution < 1.29 is 36.2 Å². The summed E-state index contributed by atoms with van der Waals surface area (Å²) in [7, 11) is 0. The fourth-order valence-corrected chi connectivity index (χ4v) is 4.09. The summed E-state index contributed by atoms with van der Waals surface area (Å²) in [5, 5.41) is 9.52. The lowest BCUT2D eigenvalue weighted by Crippen LogP contribution is -2.53. The summed E-state index contributed by atoms with van der Waals surface area (Å²) in [4.78, 5) is 16.3. The summed E-state index contributed by atoms with van der Waals surface area (Å²) in [6, 6.07) is 10.7. The summed E-state index contributed by atoms with van der Waals surface area (Å²) in [5.41, 5.74) is -4.19. The Morgan fingerprint density at radius 3 is 1.71 bits per heavy atom. The molecule has 1 fully saturated rings. The Kier molecular flexibility index (Phi) is 7.86. The van der Waals surface area contributed by atoms with E-state index < -0.39 is 23.5 Å². The van der Waals surface area contributed by atoms with Crippen LogP contribution in [0.25, 0.3) is 11.1 Å².